The van der Waals surface area contributed by atoms with Gasteiger partial charge in [0, 0.05) is 12.5 Å². The van der Waals surface area contributed by atoms with Crippen molar-refractivity contribution in [2.75, 3.05) is 6.61 Å². The molecule has 0 radical (unpaired) electrons. The van der Waals surface area contributed by atoms with E-state index in [-0.39, 0.29) is 6.29 Å². The highest BCUT2D eigenvalue weighted by molar-refractivity contribution is 6.69. The van der Waals surface area contributed by atoms with E-state index in [4.69, 9.17) is 13.9 Å². The summed E-state index contributed by atoms with van der Waals surface area (Å²) in [6.45, 7) is 9.77. The highest BCUT2D eigenvalue weighted by Gasteiger charge is 2.18. The lowest BCUT2D eigenvalue weighted by Crippen LogP contribution is -2.30. The predicted molar refractivity (Wildman–Crippen MR) is 123 cm³/mol. The fraction of sp³-hybridized carbons (Fsp3) is 0.520. The van der Waals surface area contributed by atoms with Crippen LogP contribution in [0.3, 0.4) is 0 Å². The molecule has 0 bridgehead atoms. The van der Waals surface area contributed by atoms with E-state index in [2.05, 4.69) is 63.0 Å². The molecule has 0 amide bonds. The Hall–Kier alpha value is -1.62. The molecule has 1 aliphatic heterocycles. The quantitative estimate of drug-likeness (QED) is 0.423. The van der Waals surface area contributed by atoms with E-state index in [9.17, 15) is 0 Å². The first-order chi connectivity index (χ1) is 13.9. The van der Waals surface area contributed by atoms with Crippen LogP contribution in [-0.4, -0.2) is 27.3 Å². The number of benzene rings is 2. The highest BCUT2D eigenvalue weighted by Crippen LogP contribution is 2.25. The first-order valence-corrected chi connectivity index (χ1v) is 14.5. The van der Waals surface area contributed by atoms with Crippen molar-refractivity contribution >= 4 is 8.32 Å². The number of ether oxygens (including phenoxy) is 2. The molecule has 158 valence electrons. The maximum absolute atomic E-state index is 6.13. The molecule has 0 saturated carbocycles. The van der Waals surface area contributed by atoms with Crippen LogP contribution < -0.4 is 4.74 Å². The third-order valence-electron chi connectivity index (χ3n) is 5.18. The minimum Gasteiger partial charge on any atom is -0.465 e. The number of hydrogen-bond acceptors (Lipinski definition) is 3. The summed E-state index contributed by atoms with van der Waals surface area (Å²) in [5.41, 5.74) is 3.85. The Kier molecular flexibility index (Phi) is 7.93. The van der Waals surface area contributed by atoms with Gasteiger partial charge >= 0.3 is 0 Å². The van der Waals surface area contributed by atoms with Crippen molar-refractivity contribution in [3.05, 3.63) is 54.1 Å². The molecule has 3 rings (SSSR count). The van der Waals surface area contributed by atoms with Crippen LogP contribution >= 0.6 is 0 Å². The van der Waals surface area contributed by atoms with Gasteiger partial charge in [0.1, 0.15) is 5.75 Å². The number of rotatable bonds is 9. The Balaban J connectivity index is 1.48. The van der Waals surface area contributed by atoms with Gasteiger partial charge in [0.25, 0.3) is 0 Å². The SMILES string of the molecule is CC(CCCc1ccc(-c2ccc(OC3CCCCO3)cc2)cc1)O[Si](C)(C)C. The van der Waals surface area contributed by atoms with Gasteiger partial charge in [0.15, 0.2) is 14.6 Å². The molecule has 1 heterocycles. The van der Waals surface area contributed by atoms with Gasteiger partial charge < -0.3 is 13.9 Å². The fourth-order valence-corrected chi connectivity index (χ4v) is 5.13. The molecule has 2 aromatic rings. The van der Waals surface area contributed by atoms with Crippen LogP contribution in [0.5, 0.6) is 5.75 Å². The Bertz CT molecular complexity index is 728. The van der Waals surface area contributed by atoms with Gasteiger partial charge in [-0.25, -0.2) is 0 Å². The molecule has 1 saturated heterocycles. The normalized spacial score (nSPS) is 18.4. The first-order valence-electron chi connectivity index (χ1n) is 11.0. The third kappa shape index (κ3) is 7.61. The Morgan fingerprint density at radius 3 is 2.21 bits per heavy atom. The topological polar surface area (TPSA) is 27.7 Å². The van der Waals surface area contributed by atoms with E-state index in [1.54, 1.807) is 0 Å². The summed E-state index contributed by atoms with van der Waals surface area (Å²) in [5, 5.41) is 0. The van der Waals surface area contributed by atoms with E-state index in [0.717, 1.165) is 38.0 Å². The second kappa shape index (κ2) is 10.4. The van der Waals surface area contributed by atoms with Gasteiger partial charge in [0.05, 0.1) is 6.61 Å². The monoisotopic (exact) mass is 412 g/mol. The van der Waals surface area contributed by atoms with Crippen molar-refractivity contribution in [2.45, 2.75) is 77.5 Å². The minimum absolute atomic E-state index is 0.0901. The van der Waals surface area contributed by atoms with Crippen molar-refractivity contribution in [1.29, 1.82) is 0 Å². The Labute approximate surface area is 177 Å². The summed E-state index contributed by atoms with van der Waals surface area (Å²) in [7, 11) is -1.43. The van der Waals surface area contributed by atoms with Crippen LogP contribution in [0.15, 0.2) is 48.5 Å². The van der Waals surface area contributed by atoms with E-state index in [0.29, 0.717) is 6.10 Å². The van der Waals surface area contributed by atoms with Crippen LogP contribution in [0.4, 0.5) is 0 Å². The van der Waals surface area contributed by atoms with E-state index in [1.807, 2.05) is 12.1 Å². The molecule has 3 nitrogen and oxygen atoms in total. The number of aryl methyl sites for hydroxylation is 1. The molecule has 29 heavy (non-hydrogen) atoms. The smallest absolute Gasteiger partial charge is 0.199 e. The average molecular weight is 413 g/mol. The average Bonchev–Trinajstić information content (AvgIpc) is 2.69. The highest BCUT2D eigenvalue weighted by atomic mass is 28.4. The van der Waals surface area contributed by atoms with Gasteiger partial charge in [0.2, 0.25) is 0 Å². The molecule has 0 aliphatic carbocycles. The molecule has 0 N–H and O–H groups in total. The minimum atomic E-state index is -1.43. The first kappa shape index (κ1) is 22.1. The maximum atomic E-state index is 6.13. The lowest BCUT2D eigenvalue weighted by atomic mass is 10.0. The Morgan fingerprint density at radius 1 is 0.966 bits per heavy atom. The zero-order valence-corrected chi connectivity index (χ0v) is 19.4. The summed E-state index contributed by atoms with van der Waals surface area (Å²) in [6, 6.07) is 17.3. The van der Waals surface area contributed by atoms with Crippen LogP contribution in [0.2, 0.25) is 19.6 Å². The van der Waals surface area contributed by atoms with Gasteiger partial charge in [-0.05, 0) is 87.5 Å². The maximum Gasteiger partial charge on any atom is 0.199 e. The Morgan fingerprint density at radius 2 is 1.62 bits per heavy atom. The third-order valence-corrected chi connectivity index (χ3v) is 6.29. The molecular formula is C25H36O3Si. The second-order valence-corrected chi connectivity index (χ2v) is 13.5. The molecule has 0 aromatic heterocycles. The van der Waals surface area contributed by atoms with Gasteiger partial charge in [-0.15, -0.1) is 0 Å². The van der Waals surface area contributed by atoms with Crippen molar-refractivity contribution < 1.29 is 13.9 Å². The van der Waals surface area contributed by atoms with Crippen LogP contribution in [-0.2, 0) is 15.6 Å². The van der Waals surface area contributed by atoms with Crippen molar-refractivity contribution in [3.63, 3.8) is 0 Å². The molecule has 4 heteroatoms. The van der Waals surface area contributed by atoms with E-state index >= 15 is 0 Å². The summed E-state index contributed by atoms with van der Waals surface area (Å²) >= 11 is 0. The van der Waals surface area contributed by atoms with Gasteiger partial charge in [-0.1, -0.05) is 36.4 Å². The second-order valence-electron chi connectivity index (χ2n) is 9.07. The molecule has 2 atom stereocenters. The van der Waals surface area contributed by atoms with Crippen LogP contribution in [0, 0.1) is 0 Å². The molecule has 0 spiro atoms. The zero-order valence-electron chi connectivity index (χ0n) is 18.4. The predicted octanol–water partition coefficient (Wildman–Crippen LogP) is 6.82. The summed E-state index contributed by atoms with van der Waals surface area (Å²) in [5.74, 6) is 0.881. The molecule has 2 unspecified atom stereocenters. The zero-order chi connectivity index (χ0) is 20.7. The van der Waals surface area contributed by atoms with Crippen LogP contribution in [0.1, 0.15) is 44.6 Å². The summed E-state index contributed by atoms with van der Waals surface area (Å²) in [4.78, 5) is 0. The van der Waals surface area contributed by atoms with Crippen molar-refractivity contribution in [3.8, 4) is 16.9 Å². The number of hydrogen-bond donors (Lipinski definition) is 0. The fourth-order valence-electron chi connectivity index (χ4n) is 3.80. The molecular weight excluding hydrogens is 376 g/mol. The van der Waals surface area contributed by atoms with Gasteiger partial charge in [-0.2, -0.15) is 0 Å². The summed E-state index contributed by atoms with van der Waals surface area (Å²) < 4.78 is 17.7. The molecule has 1 aliphatic rings. The van der Waals surface area contributed by atoms with Gasteiger partial charge in [-0.3, -0.25) is 0 Å². The standard InChI is InChI=1S/C25H36O3Si/c1-20(28-29(2,3)4)8-7-9-21-11-13-22(14-12-21)23-15-17-24(18-16-23)27-25-10-5-6-19-26-25/h11-18,20,25H,5-10,19H2,1-4H3. The van der Waals surface area contributed by atoms with Crippen molar-refractivity contribution in [1.82, 2.24) is 0 Å². The summed E-state index contributed by atoms with van der Waals surface area (Å²) in [6.07, 6.45) is 6.96. The molecule has 1 fully saturated rings. The lowest BCUT2D eigenvalue weighted by Gasteiger charge is -2.23. The van der Waals surface area contributed by atoms with E-state index < -0.39 is 8.32 Å². The van der Waals surface area contributed by atoms with Crippen LogP contribution in [0.25, 0.3) is 11.1 Å². The largest absolute Gasteiger partial charge is 0.465 e. The van der Waals surface area contributed by atoms with Crippen molar-refractivity contribution in [2.24, 2.45) is 0 Å². The molecule has 2 aromatic carbocycles. The lowest BCUT2D eigenvalue weighted by molar-refractivity contribution is -0.105. The van der Waals surface area contributed by atoms with E-state index in [1.165, 1.54) is 29.5 Å².